The van der Waals surface area contributed by atoms with Gasteiger partial charge in [0.1, 0.15) is 5.69 Å². The molecule has 1 aromatic heterocycles. The van der Waals surface area contributed by atoms with E-state index in [4.69, 9.17) is 0 Å². The van der Waals surface area contributed by atoms with Crippen LogP contribution in [0.4, 0.5) is 8.78 Å². The summed E-state index contributed by atoms with van der Waals surface area (Å²) in [5.74, 6) is -2.75. The fourth-order valence-electron chi connectivity index (χ4n) is 2.96. The van der Waals surface area contributed by atoms with E-state index in [-0.39, 0.29) is 24.7 Å². The minimum absolute atomic E-state index is 0.00756. The third-order valence-corrected chi connectivity index (χ3v) is 4.64. The summed E-state index contributed by atoms with van der Waals surface area (Å²) >= 11 is 0. The quantitative estimate of drug-likeness (QED) is 0.873. The zero-order valence-corrected chi connectivity index (χ0v) is 13.8. The highest BCUT2D eigenvalue weighted by Crippen LogP contribution is 2.43. The first-order chi connectivity index (χ1) is 11.3. The third-order valence-electron chi connectivity index (χ3n) is 4.64. The Kier molecular flexibility index (Phi) is 4.39. The molecule has 1 aromatic carbocycles. The van der Waals surface area contributed by atoms with Gasteiger partial charge in [0.25, 0.3) is 5.91 Å². The van der Waals surface area contributed by atoms with Crippen molar-refractivity contribution in [1.29, 1.82) is 0 Å². The number of carbonyl (C=O) groups excluding carboxylic acids is 1. The van der Waals surface area contributed by atoms with Gasteiger partial charge in [0.2, 0.25) is 5.92 Å². The van der Waals surface area contributed by atoms with Gasteiger partial charge in [0.05, 0.1) is 5.69 Å². The first-order valence-corrected chi connectivity index (χ1v) is 8.13. The lowest BCUT2D eigenvalue weighted by atomic mass is 9.79. The van der Waals surface area contributed by atoms with Gasteiger partial charge in [-0.25, -0.2) is 8.78 Å². The summed E-state index contributed by atoms with van der Waals surface area (Å²) in [4.78, 5) is 12.1. The van der Waals surface area contributed by atoms with Gasteiger partial charge >= 0.3 is 0 Å². The fraction of sp³-hybridized carbons (Fsp3) is 0.444. The largest absolute Gasteiger partial charge is 0.351 e. The fourth-order valence-corrected chi connectivity index (χ4v) is 2.96. The van der Waals surface area contributed by atoms with Crippen molar-refractivity contribution in [2.45, 2.75) is 39.0 Å². The van der Waals surface area contributed by atoms with Crippen molar-refractivity contribution in [2.75, 3.05) is 6.54 Å². The SMILES string of the molecule is Cc1ccc(-c2cc(C(=O)NCCC3CC(F)(F)C3)[nH]n2)cc1C. The van der Waals surface area contributed by atoms with E-state index < -0.39 is 5.92 Å². The number of hydrogen-bond donors (Lipinski definition) is 2. The summed E-state index contributed by atoms with van der Waals surface area (Å²) < 4.78 is 25.5. The molecule has 0 unspecified atom stereocenters. The number of alkyl halides is 2. The van der Waals surface area contributed by atoms with Crippen molar-refractivity contribution in [3.05, 3.63) is 41.1 Å². The Morgan fingerprint density at radius 1 is 1.29 bits per heavy atom. The zero-order valence-electron chi connectivity index (χ0n) is 13.8. The molecule has 2 aromatic rings. The molecule has 1 amide bonds. The molecule has 6 heteroatoms. The van der Waals surface area contributed by atoms with E-state index in [9.17, 15) is 13.6 Å². The highest BCUT2D eigenvalue weighted by Gasteiger charge is 2.44. The molecule has 1 saturated carbocycles. The van der Waals surface area contributed by atoms with Crippen molar-refractivity contribution < 1.29 is 13.6 Å². The number of aryl methyl sites for hydroxylation is 2. The second kappa shape index (κ2) is 6.34. The summed E-state index contributed by atoms with van der Waals surface area (Å²) in [7, 11) is 0. The number of hydrogen-bond acceptors (Lipinski definition) is 2. The average Bonchev–Trinajstić information content (AvgIpc) is 2.98. The average molecular weight is 333 g/mol. The van der Waals surface area contributed by atoms with Crippen LogP contribution < -0.4 is 5.32 Å². The summed E-state index contributed by atoms with van der Waals surface area (Å²) in [6.07, 6.45) is 0.452. The molecule has 1 heterocycles. The van der Waals surface area contributed by atoms with Crippen LogP contribution in [0, 0.1) is 19.8 Å². The molecule has 0 bridgehead atoms. The van der Waals surface area contributed by atoms with Crippen LogP contribution in [0.15, 0.2) is 24.3 Å². The number of carbonyl (C=O) groups is 1. The molecule has 2 N–H and O–H groups in total. The van der Waals surface area contributed by atoms with Gasteiger partial charge in [-0.2, -0.15) is 5.10 Å². The predicted octanol–water partition coefficient (Wildman–Crippen LogP) is 3.86. The van der Waals surface area contributed by atoms with Crippen molar-refractivity contribution in [1.82, 2.24) is 15.5 Å². The van der Waals surface area contributed by atoms with Crippen LogP contribution in [-0.4, -0.2) is 28.6 Å². The molecule has 0 spiro atoms. The van der Waals surface area contributed by atoms with Gasteiger partial charge in [-0.15, -0.1) is 0 Å². The standard InChI is InChI=1S/C18H21F2N3O/c1-11-3-4-14(7-12(11)2)15-8-16(23-22-15)17(24)21-6-5-13-9-18(19,20)10-13/h3-4,7-8,13H,5-6,9-10H2,1-2H3,(H,21,24)(H,22,23). The Balaban J connectivity index is 1.55. The smallest absolute Gasteiger partial charge is 0.269 e. The van der Waals surface area contributed by atoms with Crippen LogP contribution in [0.5, 0.6) is 0 Å². The summed E-state index contributed by atoms with van der Waals surface area (Å²) in [6.45, 7) is 4.47. The number of H-pyrrole nitrogens is 1. The molecule has 24 heavy (non-hydrogen) atoms. The molecule has 0 atom stereocenters. The molecule has 4 nitrogen and oxygen atoms in total. The van der Waals surface area contributed by atoms with Crippen LogP contribution in [0.3, 0.4) is 0 Å². The molecular formula is C18H21F2N3O. The summed E-state index contributed by atoms with van der Waals surface area (Å²) in [6, 6.07) is 7.73. The lowest BCUT2D eigenvalue weighted by Crippen LogP contribution is -2.37. The molecule has 0 saturated heterocycles. The monoisotopic (exact) mass is 333 g/mol. The number of benzene rings is 1. The van der Waals surface area contributed by atoms with Gasteiger partial charge < -0.3 is 5.32 Å². The lowest BCUT2D eigenvalue weighted by molar-refractivity contribution is -0.111. The Hall–Kier alpha value is -2.24. The van der Waals surface area contributed by atoms with Crippen LogP contribution in [0.2, 0.25) is 0 Å². The second-order valence-corrected chi connectivity index (χ2v) is 6.64. The van der Waals surface area contributed by atoms with Crippen molar-refractivity contribution >= 4 is 5.91 Å². The Bertz CT molecular complexity index is 746. The number of aromatic nitrogens is 2. The molecule has 0 radical (unpaired) electrons. The number of aromatic amines is 1. The first kappa shape index (κ1) is 16.6. The van der Waals surface area contributed by atoms with E-state index in [0.29, 0.717) is 24.4 Å². The summed E-state index contributed by atoms with van der Waals surface area (Å²) in [5, 5.41) is 9.67. The number of halogens is 2. The number of nitrogens with zero attached hydrogens (tertiary/aromatic N) is 1. The molecule has 0 aliphatic heterocycles. The Morgan fingerprint density at radius 2 is 2.04 bits per heavy atom. The number of rotatable bonds is 5. The minimum atomic E-state index is -2.50. The topological polar surface area (TPSA) is 57.8 Å². The Labute approximate surface area is 139 Å². The van der Waals surface area contributed by atoms with Crippen LogP contribution >= 0.6 is 0 Å². The Morgan fingerprint density at radius 3 is 2.71 bits per heavy atom. The van der Waals surface area contributed by atoms with E-state index in [0.717, 1.165) is 5.56 Å². The van der Waals surface area contributed by atoms with Gasteiger partial charge in [-0.1, -0.05) is 12.1 Å². The van der Waals surface area contributed by atoms with Gasteiger partial charge in [-0.3, -0.25) is 9.89 Å². The molecule has 3 rings (SSSR count). The highest BCUT2D eigenvalue weighted by atomic mass is 19.3. The minimum Gasteiger partial charge on any atom is -0.351 e. The maximum atomic E-state index is 12.8. The number of nitrogens with one attached hydrogen (secondary N) is 2. The van der Waals surface area contributed by atoms with Gasteiger partial charge in [0.15, 0.2) is 0 Å². The maximum Gasteiger partial charge on any atom is 0.269 e. The molecule has 1 fully saturated rings. The van der Waals surface area contributed by atoms with E-state index in [1.54, 1.807) is 6.07 Å². The zero-order chi connectivity index (χ0) is 17.3. The molecular weight excluding hydrogens is 312 g/mol. The predicted molar refractivity (Wildman–Crippen MR) is 88.1 cm³/mol. The highest BCUT2D eigenvalue weighted by molar-refractivity contribution is 5.93. The maximum absolute atomic E-state index is 12.8. The third kappa shape index (κ3) is 3.63. The van der Waals surface area contributed by atoms with E-state index >= 15 is 0 Å². The van der Waals surface area contributed by atoms with Crippen molar-refractivity contribution in [3.8, 4) is 11.3 Å². The normalized spacial score (nSPS) is 16.7. The van der Waals surface area contributed by atoms with E-state index in [1.165, 1.54) is 11.1 Å². The van der Waals surface area contributed by atoms with Crippen molar-refractivity contribution in [2.24, 2.45) is 5.92 Å². The first-order valence-electron chi connectivity index (χ1n) is 8.13. The van der Waals surface area contributed by atoms with E-state index in [2.05, 4.69) is 15.5 Å². The van der Waals surface area contributed by atoms with Gasteiger partial charge in [0, 0.05) is 24.9 Å². The molecule has 1 aliphatic rings. The van der Waals surface area contributed by atoms with Crippen LogP contribution in [-0.2, 0) is 0 Å². The van der Waals surface area contributed by atoms with Crippen molar-refractivity contribution in [3.63, 3.8) is 0 Å². The van der Waals surface area contributed by atoms with Crippen LogP contribution in [0.25, 0.3) is 11.3 Å². The second-order valence-electron chi connectivity index (χ2n) is 6.64. The van der Waals surface area contributed by atoms with E-state index in [1.807, 2.05) is 32.0 Å². The number of amides is 1. The van der Waals surface area contributed by atoms with Crippen LogP contribution in [0.1, 0.15) is 40.9 Å². The lowest BCUT2D eigenvalue weighted by Gasteiger charge is -2.34. The molecule has 1 aliphatic carbocycles. The van der Waals surface area contributed by atoms with Gasteiger partial charge in [-0.05, 0) is 49.4 Å². The summed E-state index contributed by atoms with van der Waals surface area (Å²) in [5.41, 5.74) is 4.40. The molecule has 128 valence electrons.